The molecule has 0 radical (unpaired) electrons. The number of primary amides is 1. The maximum atomic E-state index is 11.1. The van der Waals surface area contributed by atoms with Crippen LogP contribution >= 0.6 is 0 Å². The van der Waals surface area contributed by atoms with Crippen LogP contribution in [0.1, 0.15) is 27.4 Å². The third-order valence-corrected chi connectivity index (χ3v) is 4.70. The smallest absolute Gasteiger partial charge is 0.269 e. The average molecular weight is 348 g/mol. The van der Waals surface area contributed by atoms with Crippen molar-refractivity contribution in [2.24, 2.45) is 5.73 Å². The zero-order chi connectivity index (χ0) is 17.9. The topological polar surface area (TPSA) is 89.9 Å². The fraction of sp³-hybridized carbons (Fsp3) is 0.263. The lowest BCUT2D eigenvalue weighted by Crippen LogP contribution is -2.32. The van der Waals surface area contributed by atoms with Crippen molar-refractivity contribution >= 4 is 11.7 Å². The van der Waals surface area contributed by atoms with Gasteiger partial charge in [0.1, 0.15) is 0 Å². The summed E-state index contributed by atoms with van der Waals surface area (Å²) in [5.74, 6) is 0.168. The van der Waals surface area contributed by atoms with E-state index < -0.39 is 5.91 Å². The first-order valence-corrected chi connectivity index (χ1v) is 8.66. The highest BCUT2D eigenvalue weighted by Crippen LogP contribution is 2.22. The van der Waals surface area contributed by atoms with E-state index in [0.717, 1.165) is 37.4 Å². The second kappa shape index (κ2) is 6.95. The maximum Gasteiger partial charge on any atom is 0.269 e. The van der Waals surface area contributed by atoms with Crippen LogP contribution < -0.4 is 10.6 Å². The molecule has 0 aliphatic carbocycles. The predicted molar refractivity (Wildman–Crippen MR) is 97.7 cm³/mol. The molecule has 1 aromatic carbocycles. The summed E-state index contributed by atoms with van der Waals surface area (Å²) in [5, 5.41) is 8.01. The highest BCUT2D eigenvalue weighted by Gasteiger charge is 2.22. The van der Waals surface area contributed by atoms with E-state index in [1.54, 1.807) is 12.1 Å². The van der Waals surface area contributed by atoms with Crippen molar-refractivity contribution in [3.8, 4) is 0 Å². The van der Waals surface area contributed by atoms with E-state index >= 15 is 0 Å². The number of imidazole rings is 1. The summed E-state index contributed by atoms with van der Waals surface area (Å²) in [7, 11) is 0. The van der Waals surface area contributed by atoms with E-state index in [0.29, 0.717) is 6.54 Å². The molecule has 26 heavy (non-hydrogen) atoms. The Labute approximate surface area is 151 Å². The number of carbonyl (C=O) groups is 1. The van der Waals surface area contributed by atoms with Crippen molar-refractivity contribution in [1.82, 2.24) is 19.7 Å². The Kier molecular flexibility index (Phi) is 4.35. The molecule has 0 saturated carbocycles. The van der Waals surface area contributed by atoms with E-state index in [2.05, 4.69) is 48.9 Å². The molecule has 0 unspecified atom stereocenters. The van der Waals surface area contributed by atoms with E-state index in [1.807, 2.05) is 12.4 Å². The van der Waals surface area contributed by atoms with Crippen molar-refractivity contribution in [3.05, 3.63) is 71.4 Å². The van der Waals surface area contributed by atoms with Crippen LogP contribution in [0.4, 0.5) is 5.82 Å². The molecular formula is C19H20N6O. The lowest BCUT2D eigenvalue weighted by Gasteiger charge is -2.27. The number of rotatable bonds is 5. The van der Waals surface area contributed by atoms with Crippen LogP contribution in [0.2, 0.25) is 0 Å². The van der Waals surface area contributed by atoms with Crippen LogP contribution in [-0.2, 0) is 25.9 Å². The van der Waals surface area contributed by atoms with Crippen LogP contribution in [-0.4, -0.2) is 32.2 Å². The SMILES string of the molecule is NC(=O)c1ccc(N2CCc3c(ncn3CCc3ccccc3)C2)nn1. The number of hydrogen-bond acceptors (Lipinski definition) is 5. The van der Waals surface area contributed by atoms with Crippen LogP contribution in [0.5, 0.6) is 0 Å². The number of hydrogen-bond donors (Lipinski definition) is 1. The van der Waals surface area contributed by atoms with Gasteiger partial charge in [0.2, 0.25) is 0 Å². The number of nitrogens with two attached hydrogens (primary N) is 1. The second-order valence-corrected chi connectivity index (χ2v) is 6.38. The molecule has 4 rings (SSSR count). The number of carbonyl (C=O) groups excluding carboxylic acids is 1. The summed E-state index contributed by atoms with van der Waals surface area (Å²) in [4.78, 5) is 17.8. The fourth-order valence-corrected chi connectivity index (χ4v) is 3.28. The Hall–Kier alpha value is -3.22. The van der Waals surface area contributed by atoms with Gasteiger partial charge in [0.15, 0.2) is 11.5 Å². The van der Waals surface area contributed by atoms with Gasteiger partial charge in [0.25, 0.3) is 5.91 Å². The Morgan fingerprint density at radius 1 is 1.12 bits per heavy atom. The Morgan fingerprint density at radius 2 is 1.96 bits per heavy atom. The average Bonchev–Trinajstić information content (AvgIpc) is 3.09. The Balaban J connectivity index is 1.45. The van der Waals surface area contributed by atoms with Crippen LogP contribution in [0, 0.1) is 0 Å². The predicted octanol–water partition coefficient (Wildman–Crippen LogP) is 1.58. The van der Waals surface area contributed by atoms with Crippen molar-refractivity contribution in [1.29, 1.82) is 0 Å². The van der Waals surface area contributed by atoms with Crippen molar-refractivity contribution < 1.29 is 4.79 Å². The van der Waals surface area contributed by atoms with E-state index in [1.165, 1.54) is 11.3 Å². The zero-order valence-corrected chi connectivity index (χ0v) is 14.4. The molecule has 1 aliphatic rings. The number of benzene rings is 1. The van der Waals surface area contributed by atoms with Crippen molar-refractivity contribution in [3.63, 3.8) is 0 Å². The van der Waals surface area contributed by atoms with Crippen LogP contribution in [0.3, 0.4) is 0 Å². The molecule has 1 aliphatic heterocycles. The molecule has 2 N–H and O–H groups in total. The molecule has 7 heteroatoms. The minimum absolute atomic E-state index is 0.177. The van der Waals surface area contributed by atoms with Crippen molar-refractivity contribution in [2.45, 2.75) is 25.9 Å². The van der Waals surface area contributed by atoms with Gasteiger partial charge in [0.05, 0.1) is 18.6 Å². The van der Waals surface area contributed by atoms with Crippen molar-refractivity contribution in [2.75, 3.05) is 11.4 Å². The molecule has 3 heterocycles. The van der Waals surface area contributed by atoms with Crippen LogP contribution in [0.15, 0.2) is 48.8 Å². The van der Waals surface area contributed by atoms with Gasteiger partial charge in [-0.05, 0) is 24.1 Å². The minimum Gasteiger partial charge on any atom is -0.364 e. The first-order valence-electron chi connectivity index (χ1n) is 8.66. The van der Waals surface area contributed by atoms with Gasteiger partial charge in [-0.15, -0.1) is 10.2 Å². The van der Waals surface area contributed by atoms with Gasteiger partial charge < -0.3 is 15.2 Å². The quantitative estimate of drug-likeness (QED) is 0.756. The van der Waals surface area contributed by atoms with Gasteiger partial charge in [-0.3, -0.25) is 4.79 Å². The summed E-state index contributed by atoms with van der Waals surface area (Å²) < 4.78 is 2.25. The number of anilines is 1. The first-order chi connectivity index (χ1) is 12.7. The third-order valence-electron chi connectivity index (χ3n) is 4.70. The summed E-state index contributed by atoms with van der Waals surface area (Å²) in [5.41, 5.74) is 9.08. The number of nitrogens with zero attached hydrogens (tertiary/aromatic N) is 5. The molecule has 132 valence electrons. The summed E-state index contributed by atoms with van der Waals surface area (Å²) in [6, 6.07) is 13.9. The zero-order valence-electron chi connectivity index (χ0n) is 14.4. The molecule has 0 spiro atoms. The van der Waals surface area contributed by atoms with Gasteiger partial charge in [-0.1, -0.05) is 30.3 Å². The molecule has 1 amide bonds. The summed E-state index contributed by atoms with van der Waals surface area (Å²) in [6.07, 6.45) is 3.83. The normalized spacial score (nSPS) is 13.5. The number of aromatic nitrogens is 4. The van der Waals surface area contributed by atoms with Gasteiger partial charge in [-0.25, -0.2) is 4.98 Å². The Morgan fingerprint density at radius 3 is 2.69 bits per heavy atom. The van der Waals surface area contributed by atoms with E-state index in [9.17, 15) is 4.79 Å². The highest BCUT2D eigenvalue weighted by molar-refractivity contribution is 5.90. The summed E-state index contributed by atoms with van der Waals surface area (Å²) >= 11 is 0. The van der Waals surface area contributed by atoms with Gasteiger partial charge >= 0.3 is 0 Å². The monoisotopic (exact) mass is 348 g/mol. The third kappa shape index (κ3) is 3.28. The molecule has 0 fully saturated rings. The van der Waals surface area contributed by atoms with E-state index in [4.69, 9.17) is 5.73 Å². The maximum absolute atomic E-state index is 11.1. The number of amides is 1. The lowest BCUT2D eigenvalue weighted by atomic mass is 10.1. The minimum atomic E-state index is -0.567. The lowest BCUT2D eigenvalue weighted by molar-refractivity contribution is 0.0994. The standard InChI is InChI=1S/C19H20N6O/c20-19(26)15-6-7-18(23-22-15)24-11-9-17-16(12-24)21-13-25(17)10-8-14-4-2-1-3-5-14/h1-7,13H,8-12H2,(H2,20,26). The highest BCUT2D eigenvalue weighted by atomic mass is 16.1. The Bertz CT molecular complexity index is 904. The molecule has 2 aromatic heterocycles. The molecular weight excluding hydrogens is 328 g/mol. The van der Waals surface area contributed by atoms with Gasteiger partial charge in [0, 0.05) is 25.2 Å². The largest absolute Gasteiger partial charge is 0.364 e. The fourth-order valence-electron chi connectivity index (χ4n) is 3.28. The van der Waals surface area contributed by atoms with Crippen LogP contribution in [0.25, 0.3) is 0 Å². The second-order valence-electron chi connectivity index (χ2n) is 6.38. The molecule has 7 nitrogen and oxygen atoms in total. The molecule has 3 aromatic rings. The first kappa shape index (κ1) is 16.3. The summed E-state index contributed by atoms with van der Waals surface area (Å²) in [6.45, 7) is 2.46. The number of fused-ring (bicyclic) bond motifs is 1. The van der Waals surface area contributed by atoms with Gasteiger partial charge in [-0.2, -0.15) is 0 Å². The number of aryl methyl sites for hydroxylation is 2. The molecule has 0 saturated heterocycles. The van der Waals surface area contributed by atoms with E-state index in [-0.39, 0.29) is 5.69 Å². The molecule has 0 bridgehead atoms. The molecule has 0 atom stereocenters.